The van der Waals surface area contributed by atoms with Crippen LogP contribution in [0, 0.1) is 11.6 Å². The molecule has 0 saturated heterocycles. The summed E-state index contributed by atoms with van der Waals surface area (Å²) in [6.07, 6.45) is 2.05. The predicted octanol–water partition coefficient (Wildman–Crippen LogP) is 1.76. The molecule has 0 aliphatic heterocycles. The second-order valence-corrected chi connectivity index (χ2v) is 5.04. The van der Waals surface area contributed by atoms with E-state index in [0.29, 0.717) is 13.0 Å². The third-order valence-corrected chi connectivity index (χ3v) is 3.35. The number of hydrogen-bond donors (Lipinski definition) is 1. The van der Waals surface area contributed by atoms with Gasteiger partial charge in [-0.05, 0) is 18.6 Å². The van der Waals surface area contributed by atoms with Gasteiger partial charge < -0.3 is 10.1 Å². The molecule has 0 aliphatic carbocycles. The highest BCUT2D eigenvalue weighted by Crippen LogP contribution is 2.13. The van der Waals surface area contributed by atoms with Crippen molar-refractivity contribution in [2.45, 2.75) is 25.9 Å². The number of ether oxygens (including phenoxy) is 1. The molecular formula is C15H18F2N4O2. The lowest BCUT2D eigenvalue weighted by Gasteiger charge is -2.14. The summed E-state index contributed by atoms with van der Waals surface area (Å²) in [4.78, 5) is 12.1. The number of hydrogen-bond acceptors (Lipinski definition) is 4. The van der Waals surface area contributed by atoms with Crippen molar-refractivity contribution in [3.63, 3.8) is 0 Å². The van der Waals surface area contributed by atoms with E-state index >= 15 is 0 Å². The summed E-state index contributed by atoms with van der Waals surface area (Å²) in [5, 5.41) is 10.2. The Labute approximate surface area is 132 Å². The van der Waals surface area contributed by atoms with Gasteiger partial charge in [-0.2, -0.15) is 0 Å². The van der Waals surface area contributed by atoms with E-state index in [4.69, 9.17) is 4.74 Å². The van der Waals surface area contributed by atoms with Gasteiger partial charge in [0.25, 0.3) is 5.91 Å². The van der Waals surface area contributed by atoms with Crippen molar-refractivity contribution in [3.05, 3.63) is 47.3 Å². The maximum Gasteiger partial charge on any atom is 0.273 e. The van der Waals surface area contributed by atoms with Crippen LogP contribution in [0.4, 0.5) is 8.78 Å². The van der Waals surface area contributed by atoms with Gasteiger partial charge in [-0.3, -0.25) is 4.79 Å². The summed E-state index contributed by atoms with van der Waals surface area (Å²) in [5.41, 5.74) is -0.0496. The van der Waals surface area contributed by atoms with Gasteiger partial charge in [0, 0.05) is 12.7 Å². The number of carbonyl (C=O) groups excluding carboxylic acids is 1. The van der Waals surface area contributed by atoms with Gasteiger partial charge in [-0.1, -0.05) is 18.2 Å². The van der Waals surface area contributed by atoms with Gasteiger partial charge in [-0.15, -0.1) is 5.10 Å². The molecule has 1 atom stereocenters. The minimum Gasteiger partial charge on any atom is -0.383 e. The topological polar surface area (TPSA) is 69.0 Å². The smallest absolute Gasteiger partial charge is 0.273 e. The van der Waals surface area contributed by atoms with Crippen LogP contribution in [0.25, 0.3) is 0 Å². The zero-order valence-corrected chi connectivity index (χ0v) is 12.9. The van der Waals surface area contributed by atoms with Gasteiger partial charge in [0.2, 0.25) is 0 Å². The predicted molar refractivity (Wildman–Crippen MR) is 78.9 cm³/mol. The first-order chi connectivity index (χ1) is 11.0. The summed E-state index contributed by atoms with van der Waals surface area (Å²) in [5.74, 6) is -1.75. The number of amides is 1. The summed E-state index contributed by atoms with van der Waals surface area (Å²) in [6.45, 7) is 2.16. The van der Waals surface area contributed by atoms with Gasteiger partial charge in [-0.25, -0.2) is 13.5 Å². The number of benzene rings is 1. The Hall–Kier alpha value is -2.35. The molecule has 2 aromatic rings. The van der Waals surface area contributed by atoms with Crippen molar-refractivity contribution in [2.24, 2.45) is 0 Å². The third kappa shape index (κ3) is 4.32. The summed E-state index contributed by atoms with van der Waals surface area (Å²) < 4.78 is 33.4. The van der Waals surface area contributed by atoms with Crippen molar-refractivity contribution < 1.29 is 18.3 Å². The van der Waals surface area contributed by atoms with Crippen molar-refractivity contribution in [1.82, 2.24) is 20.3 Å². The Morgan fingerprint density at radius 1 is 1.39 bits per heavy atom. The highest BCUT2D eigenvalue weighted by atomic mass is 19.1. The van der Waals surface area contributed by atoms with E-state index in [1.165, 1.54) is 29.1 Å². The first-order valence-electron chi connectivity index (χ1n) is 7.18. The fraction of sp³-hybridized carbons (Fsp3) is 0.400. The third-order valence-electron chi connectivity index (χ3n) is 3.35. The number of nitrogens with one attached hydrogen (secondary N) is 1. The van der Waals surface area contributed by atoms with Crippen molar-refractivity contribution in [2.75, 3.05) is 13.7 Å². The van der Waals surface area contributed by atoms with Gasteiger partial charge in [0.1, 0.15) is 11.6 Å². The first kappa shape index (κ1) is 17.0. The molecule has 0 radical (unpaired) electrons. The molecule has 1 heterocycles. The Balaban J connectivity index is 2.07. The molecule has 0 bridgehead atoms. The van der Waals surface area contributed by atoms with Crippen LogP contribution >= 0.6 is 0 Å². The van der Waals surface area contributed by atoms with Gasteiger partial charge in [0.05, 0.1) is 25.4 Å². The highest BCUT2D eigenvalue weighted by molar-refractivity contribution is 5.92. The van der Waals surface area contributed by atoms with E-state index in [9.17, 15) is 13.6 Å². The molecule has 1 aromatic heterocycles. The van der Waals surface area contributed by atoms with Crippen LogP contribution in [0.1, 0.15) is 29.4 Å². The lowest BCUT2D eigenvalue weighted by Crippen LogP contribution is -2.37. The number of methoxy groups -OCH3 is 1. The number of nitrogens with zero attached hydrogens (tertiary/aromatic N) is 3. The fourth-order valence-corrected chi connectivity index (χ4v) is 2.05. The molecule has 1 aromatic carbocycles. The van der Waals surface area contributed by atoms with Crippen molar-refractivity contribution in [3.8, 4) is 0 Å². The lowest BCUT2D eigenvalue weighted by atomic mass is 10.2. The van der Waals surface area contributed by atoms with E-state index in [1.807, 2.05) is 6.92 Å². The normalized spacial score (nSPS) is 12.2. The maximum atomic E-state index is 13.6. The average molecular weight is 324 g/mol. The van der Waals surface area contributed by atoms with Crippen LogP contribution in [0.2, 0.25) is 0 Å². The molecule has 124 valence electrons. The molecular weight excluding hydrogens is 306 g/mol. The summed E-state index contributed by atoms with van der Waals surface area (Å²) >= 11 is 0. The molecule has 0 fully saturated rings. The van der Waals surface area contributed by atoms with E-state index in [1.54, 1.807) is 7.11 Å². The molecule has 0 aliphatic rings. The average Bonchev–Trinajstić information content (AvgIpc) is 2.99. The van der Waals surface area contributed by atoms with Gasteiger partial charge in [0.15, 0.2) is 5.69 Å². The molecule has 1 unspecified atom stereocenters. The van der Waals surface area contributed by atoms with E-state index in [0.717, 1.165) is 0 Å². The van der Waals surface area contributed by atoms with Crippen molar-refractivity contribution >= 4 is 5.91 Å². The largest absolute Gasteiger partial charge is 0.383 e. The van der Waals surface area contributed by atoms with E-state index in [-0.39, 0.29) is 23.8 Å². The highest BCUT2D eigenvalue weighted by Gasteiger charge is 2.16. The van der Waals surface area contributed by atoms with Crippen LogP contribution in [0.5, 0.6) is 0 Å². The Kier molecular flexibility index (Phi) is 5.75. The minimum atomic E-state index is -0.669. The zero-order chi connectivity index (χ0) is 16.8. The maximum absolute atomic E-state index is 13.6. The SMILES string of the molecule is CCC(COC)NC(=O)c1cn(Cc2c(F)cccc2F)nn1. The van der Waals surface area contributed by atoms with Crippen LogP contribution in [-0.4, -0.2) is 40.7 Å². The molecule has 0 saturated carbocycles. The second kappa shape index (κ2) is 7.77. The van der Waals surface area contributed by atoms with E-state index in [2.05, 4.69) is 15.6 Å². The zero-order valence-electron chi connectivity index (χ0n) is 12.9. The first-order valence-corrected chi connectivity index (χ1v) is 7.18. The van der Waals surface area contributed by atoms with Crippen molar-refractivity contribution in [1.29, 1.82) is 0 Å². The van der Waals surface area contributed by atoms with Crippen LogP contribution in [0.3, 0.4) is 0 Å². The number of halogens is 2. The second-order valence-electron chi connectivity index (χ2n) is 5.04. The van der Waals surface area contributed by atoms with Crippen LogP contribution in [-0.2, 0) is 11.3 Å². The number of rotatable bonds is 7. The molecule has 0 spiro atoms. The van der Waals surface area contributed by atoms with E-state index < -0.39 is 17.5 Å². The molecule has 8 heteroatoms. The van der Waals surface area contributed by atoms with Gasteiger partial charge >= 0.3 is 0 Å². The summed E-state index contributed by atoms with van der Waals surface area (Å²) in [7, 11) is 1.55. The minimum absolute atomic E-state index is 0.0799. The standard InChI is InChI=1S/C15H18F2N4O2/c1-3-10(9-23-2)18-15(22)14-8-21(20-19-14)7-11-12(16)5-4-6-13(11)17/h4-6,8,10H,3,7,9H2,1-2H3,(H,18,22). The lowest BCUT2D eigenvalue weighted by molar-refractivity contribution is 0.0889. The van der Waals surface area contributed by atoms with Crippen LogP contribution in [0.15, 0.2) is 24.4 Å². The fourth-order valence-electron chi connectivity index (χ4n) is 2.05. The number of carbonyl (C=O) groups is 1. The van der Waals surface area contributed by atoms with Crippen LogP contribution < -0.4 is 5.32 Å². The molecule has 2 rings (SSSR count). The number of aromatic nitrogens is 3. The Morgan fingerprint density at radius 2 is 2.09 bits per heavy atom. The quantitative estimate of drug-likeness (QED) is 0.842. The Morgan fingerprint density at radius 3 is 2.70 bits per heavy atom. The summed E-state index contributed by atoms with van der Waals surface area (Å²) in [6, 6.07) is 3.48. The monoisotopic (exact) mass is 324 g/mol. The Bertz CT molecular complexity index is 655. The molecule has 1 amide bonds. The molecule has 23 heavy (non-hydrogen) atoms. The molecule has 1 N–H and O–H groups in total. The molecule has 6 nitrogen and oxygen atoms in total.